The van der Waals surface area contributed by atoms with Crippen LogP contribution in [0.5, 0.6) is 0 Å². The zero-order valence-electron chi connectivity index (χ0n) is 13.2. The van der Waals surface area contributed by atoms with Gasteiger partial charge in [-0.25, -0.2) is 5.01 Å². The molecule has 3 rings (SSSR count). The van der Waals surface area contributed by atoms with E-state index in [1.807, 2.05) is 18.2 Å². The van der Waals surface area contributed by atoms with Crippen LogP contribution in [0.1, 0.15) is 48.2 Å². The van der Waals surface area contributed by atoms with Crippen molar-refractivity contribution in [3.05, 3.63) is 59.9 Å². The van der Waals surface area contributed by atoms with E-state index in [1.165, 1.54) is 24.8 Å². The summed E-state index contributed by atoms with van der Waals surface area (Å²) in [4.78, 5) is 12.4. The minimum absolute atomic E-state index is 0.195. The standard InChI is InChI=1S/C18H22N4O/c23-18(17-12-7-13-19-20-17)21-22(16-10-5-2-6-11-16)14-15-8-3-1-4-9-15/h1,3-4,7-9,12-13,16H,2,5-6,10-11,14H2,(H,21,23). The van der Waals surface area contributed by atoms with E-state index in [4.69, 9.17) is 0 Å². The van der Waals surface area contributed by atoms with Crippen LogP contribution in [0.25, 0.3) is 0 Å². The minimum atomic E-state index is -0.195. The number of hydrogen-bond acceptors (Lipinski definition) is 4. The van der Waals surface area contributed by atoms with Crippen LogP contribution >= 0.6 is 0 Å². The lowest BCUT2D eigenvalue weighted by molar-refractivity contribution is 0.0570. The third-order valence-electron chi connectivity index (χ3n) is 4.26. The lowest BCUT2D eigenvalue weighted by Crippen LogP contribution is -2.48. The van der Waals surface area contributed by atoms with Crippen molar-refractivity contribution in [2.45, 2.75) is 44.7 Å². The molecule has 0 atom stereocenters. The van der Waals surface area contributed by atoms with Crippen molar-refractivity contribution in [2.24, 2.45) is 0 Å². The van der Waals surface area contributed by atoms with Gasteiger partial charge in [-0.15, -0.1) is 5.10 Å². The van der Waals surface area contributed by atoms with Gasteiger partial charge in [0, 0.05) is 18.8 Å². The summed E-state index contributed by atoms with van der Waals surface area (Å²) in [7, 11) is 0. The smallest absolute Gasteiger partial charge is 0.283 e. The summed E-state index contributed by atoms with van der Waals surface area (Å²) in [5, 5.41) is 9.75. The Morgan fingerprint density at radius 2 is 1.87 bits per heavy atom. The number of rotatable bonds is 5. The first kappa shape index (κ1) is 15.6. The number of aromatic nitrogens is 2. The third kappa shape index (κ3) is 4.36. The van der Waals surface area contributed by atoms with E-state index in [2.05, 4.69) is 32.8 Å². The largest absolute Gasteiger partial charge is 0.286 e. The second kappa shape index (κ2) is 7.83. The zero-order valence-corrected chi connectivity index (χ0v) is 13.2. The summed E-state index contributed by atoms with van der Waals surface area (Å²) in [6.07, 6.45) is 7.53. The third-order valence-corrected chi connectivity index (χ3v) is 4.26. The Hall–Kier alpha value is -2.27. The van der Waals surface area contributed by atoms with Gasteiger partial charge in [0.1, 0.15) is 0 Å². The summed E-state index contributed by atoms with van der Waals surface area (Å²) in [6.45, 7) is 0.706. The van der Waals surface area contributed by atoms with E-state index in [9.17, 15) is 4.79 Å². The monoisotopic (exact) mass is 310 g/mol. The Morgan fingerprint density at radius 1 is 1.09 bits per heavy atom. The fraction of sp³-hybridized carbons (Fsp3) is 0.389. The summed E-state index contributed by atoms with van der Waals surface area (Å²) >= 11 is 0. The van der Waals surface area contributed by atoms with E-state index in [0.717, 1.165) is 12.8 Å². The van der Waals surface area contributed by atoms with Gasteiger partial charge in [0.05, 0.1) is 0 Å². The number of nitrogens with zero attached hydrogens (tertiary/aromatic N) is 3. The van der Waals surface area contributed by atoms with Crippen LogP contribution in [0.4, 0.5) is 0 Å². The van der Waals surface area contributed by atoms with Crippen molar-refractivity contribution >= 4 is 5.91 Å². The molecule has 1 aromatic heterocycles. The molecule has 2 aromatic rings. The Labute approximate surface area is 136 Å². The maximum Gasteiger partial charge on any atom is 0.286 e. The van der Waals surface area contributed by atoms with Gasteiger partial charge in [0.25, 0.3) is 5.91 Å². The number of amides is 1. The van der Waals surface area contributed by atoms with Gasteiger partial charge in [-0.2, -0.15) is 5.10 Å². The van der Waals surface area contributed by atoms with Crippen molar-refractivity contribution in [3.8, 4) is 0 Å². The molecule has 1 aliphatic rings. The molecule has 0 unspecified atom stereocenters. The first-order valence-corrected chi connectivity index (χ1v) is 8.22. The van der Waals surface area contributed by atoms with Gasteiger partial charge in [-0.05, 0) is 30.5 Å². The van der Waals surface area contributed by atoms with E-state index >= 15 is 0 Å². The maximum absolute atomic E-state index is 12.4. The molecule has 1 saturated carbocycles. The Balaban J connectivity index is 1.73. The van der Waals surface area contributed by atoms with E-state index in [0.29, 0.717) is 18.3 Å². The van der Waals surface area contributed by atoms with Gasteiger partial charge >= 0.3 is 0 Å². The van der Waals surface area contributed by atoms with E-state index in [1.54, 1.807) is 18.3 Å². The Bertz CT molecular complexity index is 611. The molecule has 0 spiro atoms. The normalized spacial score (nSPS) is 15.5. The van der Waals surface area contributed by atoms with Gasteiger partial charge in [0.15, 0.2) is 5.69 Å². The first-order valence-electron chi connectivity index (χ1n) is 8.22. The second-order valence-electron chi connectivity index (χ2n) is 5.96. The molecule has 1 N–H and O–H groups in total. The maximum atomic E-state index is 12.4. The molecular weight excluding hydrogens is 288 g/mol. The molecule has 0 bridgehead atoms. The molecule has 1 aromatic carbocycles. The first-order chi connectivity index (χ1) is 11.3. The van der Waals surface area contributed by atoms with Crippen LogP contribution in [-0.2, 0) is 6.54 Å². The van der Waals surface area contributed by atoms with E-state index < -0.39 is 0 Å². The molecular formula is C18H22N4O. The highest BCUT2D eigenvalue weighted by atomic mass is 16.2. The summed E-state index contributed by atoms with van der Waals surface area (Å²) in [6, 6.07) is 14.0. The molecule has 120 valence electrons. The molecule has 1 fully saturated rings. The number of benzene rings is 1. The van der Waals surface area contributed by atoms with Crippen LogP contribution in [0, 0.1) is 0 Å². The summed E-state index contributed by atoms with van der Waals surface area (Å²) in [5.41, 5.74) is 4.58. The van der Waals surface area contributed by atoms with Gasteiger partial charge < -0.3 is 0 Å². The second-order valence-corrected chi connectivity index (χ2v) is 5.96. The quantitative estimate of drug-likeness (QED) is 0.863. The SMILES string of the molecule is O=C(NN(Cc1ccccc1)C1CCCCC1)c1cccnn1. The zero-order chi connectivity index (χ0) is 15.9. The van der Waals surface area contributed by atoms with Gasteiger partial charge in [-0.3, -0.25) is 10.2 Å². The van der Waals surface area contributed by atoms with Crippen molar-refractivity contribution in [1.82, 2.24) is 20.6 Å². The fourth-order valence-electron chi connectivity index (χ4n) is 3.04. The number of carbonyl (C=O) groups is 1. The van der Waals surface area contributed by atoms with Crippen molar-refractivity contribution in [1.29, 1.82) is 0 Å². The molecule has 5 heteroatoms. The van der Waals surface area contributed by atoms with E-state index in [-0.39, 0.29) is 5.91 Å². The summed E-state index contributed by atoms with van der Waals surface area (Å²) < 4.78 is 0. The van der Waals surface area contributed by atoms with Crippen molar-refractivity contribution < 1.29 is 4.79 Å². The van der Waals surface area contributed by atoms with Crippen LogP contribution in [-0.4, -0.2) is 27.2 Å². The molecule has 0 saturated heterocycles. The number of carbonyl (C=O) groups excluding carboxylic acids is 1. The fourth-order valence-corrected chi connectivity index (χ4v) is 3.04. The van der Waals surface area contributed by atoms with Crippen LogP contribution in [0.15, 0.2) is 48.7 Å². The average Bonchev–Trinajstić information content (AvgIpc) is 2.63. The lowest BCUT2D eigenvalue weighted by atomic mass is 9.95. The number of hydrazine groups is 1. The highest BCUT2D eigenvalue weighted by Crippen LogP contribution is 2.23. The predicted octanol–water partition coefficient (Wildman–Crippen LogP) is 2.96. The molecule has 1 amide bonds. The number of nitrogens with one attached hydrogen (secondary N) is 1. The predicted molar refractivity (Wildman–Crippen MR) is 88.4 cm³/mol. The van der Waals surface area contributed by atoms with Crippen molar-refractivity contribution in [2.75, 3.05) is 0 Å². The van der Waals surface area contributed by atoms with Crippen LogP contribution in [0.2, 0.25) is 0 Å². The molecule has 5 nitrogen and oxygen atoms in total. The van der Waals surface area contributed by atoms with Crippen LogP contribution < -0.4 is 5.43 Å². The lowest BCUT2D eigenvalue weighted by Gasteiger charge is -2.34. The Kier molecular flexibility index (Phi) is 5.32. The molecule has 0 radical (unpaired) electrons. The molecule has 1 aliphatic carbocycles. The average molecular weight is 310 g/mol. The molecule has 0 aliphatic heterocycles. The van der Waals surface area contributed by atoms with Gasteiger partial charge in [0.2, 0.25) is 0 Å². The van der Waals surface area contributed by atoms with Gasteiger partial charge in [-0.1, -0.05) is 49.6 Å². The summed E-state index contributed by atoms with van der Waals surface area (Å²) in [5.74, 6) is -0.195. The molecule has 1 heterocycles. The minimum Gasteiger partial charge on any atom is -0.283 e. The highest BCUT2D eigenvalue weighted by Gasteiger charge is 2.23. The van der Waals surface area contributed by atoms with Crippen molar-refractivity contribution in [3.63, 3.8) is 0 Å². The topological polar surface area (TPSA) is 58.1 Å². The Morgan fingerprint density at radius 3 is 2.57 bits per heavy atom. The molecule has 23 heavy (non-hydrogen) atoms. The van der Waals surface area contributed by atoms with Crippen LogP contribution in [0.3, 0.4) is 0 Å². The highest BCUT2D eigenvalue weighted by molar-refractivity contribution is 5.91. The number of hydrogen-bond donors (Lipinski definition) is 1.